The predicted octanol–water partition coefficient (Wildman–Crippen LogP) is 7.08. The van der Waals surface area contributed by atoms with Gasteiger partial charge in [0.2, 0.25) is 11.8 Å². The third-order valence-electron chi connectivity index (χ3n) is 7.55. The highest BCUT2D eigenvalue weighted by Gasteiger charge is 2.39. The monoisotopic (exact) mass is 683 g/mol. The molecule has 0 heterocycles. The third kappa shape index (κ3) is 13.5. The van der Waals surface area contributed by atoms with Crippen molar-refractivity contribution < 1.29 is 28.7 Å². The standard InChI is InChI=1S/C38H57N3O6S/c1-11-12-16-23-41(34(43)29(22-24-48-10)40-36(45)47-38(7,8)9)32(31-26(2)18-17-19-27(31)3)33(42)39-30(35(44)46-37(4,5)6)25-28-20-14-13-15-21-28/h13-15,17-21,29-30,32H,11-12,16,22-25H2,1-10H3,(H,39,42)(H,40,45). The number of nitrogens with zero attached hydrogens (tertiary/aromatic N) is 1. The highest BCUT2D eigenvalue weighted by Crippen LogP contribution is 2.30. The average Bonchev–Trinajstić information content (AvgIpc) is 2.98. The van der Waals surface area contributed by atoms with Crippen molar-refractivity contribution in [3.05, 3.63) is 70.8 Å². The summed E-state index contributed by atoms with van der Waals surface area (Å²) in [4.78, 5) is 57.5. The van der Waals surface area contributed by atoms with Gasteiger partial charge in [-0.1, -0.05) is 68.3 Å². The predicted molar refractivity (Wildman–Crippen MR) is 194 cm³/mol. The van der Waals surface area contributed by atoms with E-state index in [0.29, 0.717) is 24.2 Å². The molecule has 2 rings (SSSR count). The molecule has 0 saturated carbocycles. The van der Waals surface area contributed by atoms with Crippen molar-refractivity contribution in [2.24, 2.45) is 0 Å². The highest BCUT2D eigenvalue weighted by molar-refractivity contribution is 7.98. The molecular formula is C38H57N3O6S. The minimum absolute atomic E-state index is 0.210. The number of amides is 3. The zero-order valence-corrected chi connectivity index (χ0v) is 31.4. The van der Waals surface area contributed by atoms with Crippen molar-refractivity contribution in [2.75, 3.05) is 18.6 Å². The summed E-state index contributed by atoms with van der Waals surface area (Å²) in [6, 6.07) is 12.2. The molecule has 0 fully saturated rings. The molecule has 0 aliphatic carbocycles. The molecule has 3 atom stereocenters. The molecule has 0 radical (unpaired) electrons. The van der Waals surface area contributed by atoms with E-state index >= 15 is 0 Å². The number of thioether (sulfide) groups is 1. The second kappa shape index (κ2) is 18.9. The van der Waals surface area contributed by atoms with Crippen LogP contribution in [0.4, 0.5) is 4.79 Å². The van der Waals surface area contributed by atoms with E-state index in [1.807, 2.05) is 68.6 Å². The van der Waals surface area contributed by atoms with E-state index in [9.17, 15) is 19.2 Å². The normalized spacial score (nSPS) is 13.5. The van der Waals surface area contributed by atoms with E-state index < -0.39 is 47.3 Å². The fourth-order valence-corrected chi connectivity index (χ4v) is 5.87. The molecule has 2 aromatic rings. The van der Waals surface area contributed by atoms with Crippen LogP contribution in [0.15, 0.2) is 48.5 Å². The maximum Gasteiger partial charge on any atom is 0.408 e. The van der Waals surface area contributed by atoms with Crippen LogP contribution in [-0.4, -0.2) is 70.6 Å². The van der Waals surface area contributed by atoms with Crippen LogP contribution >= 0.6 is 11.8 Å². The van der Waals surface area contributed by atoms with Gasteiger partial charge in [-0.05, 0) is 102 Å². The number of hydrogen-bond acceptors (Lipinski definition) is 7. The molecule has 3 unspecified atom stereocenters. The summed E-state index contributed by atoms with van der Waals surface area (Å²) in [6.07, 6.45) is 4.19. The molecule has 0 saturated heterocycles. The fourth-order valence-electron chi connectivity index (χ4n) is 5.40. The number of ether oxygens (including phenoxy) is 2. The number of alkyl carbamates (subject to hydrolysis) is 1. The molecule has 9 nitrogen and oxygen atoms in total. The molecule has 0 aromatic heterocycles. The van der Waals surface area contributed by atoms with Gasteiger partial charge in [0.05, 0.1) is 0 Å². The highest BCUT2D eigenvalue weighted by atomic mass is 32.2. The van der Waals surface area contributed by atoms with Crippen LogP contribution in [-0.2, 0) is 30.3 Å². The summed E-state index contributed by atoms with van der Waals surface area (Å²) in [5.41, 5.74) is 1.68. The van der Waals surface area contributed by atoms with Crippen LogP contribution in [0.1, 0.15) is 102 Å². The van der Waals surface area contributed by atoms with Gasteiger partial charge in [-0.3, -0.25) is 9.59 Å². The van der Waals surface area contributed by atoms with Crippen LogP contribution < -0.4 is 10.6 Å². The second-order valence-electron chi connectivity index (χ2n) is 14.2. The van der Waals surface area contributed by atoms with Crippen molar-refractivity contribution in [3.8, 4) is 0 Å². The summed E-state index contributed by atoms with van der Waals surface area (Å²) in [6.45, 7) is 16.8. The number of benzene rings is 2. The molecule has 0 aliphatic rings. The van der Waals surface area contributed by atoms with Crippen LogP contribution in [0.3, 0.4) is 0 Å². The van der Waals surface area contributed by atoms with Crippen LogP contribution in [0.5, 0.6) is 0 Å². The molecule has 0 bridgehead atoms. The largest absolute Gasteiger partial charge is 0.458 e. The Bertz CT molecular complexity index is 1330. The van der Waals surface area contributed by atoms with Crippen molar-refractivity contribution >= 4 is 35.6 Å². The summed E-state index contributed by atoms with van der Waals surface area (Å²) < 4.78 is 11.3. The lowest BCUT2D eigenvalue weighted by Gasteiger charge is -2.36. The lowest BCUT2D eigenvalue weighted by molar-refractivity contribution is -0.159. The van der Waals surface area contributed by atoms with Gasteiger partial charge in [0.25, 0.3) is 0 Å². The number of rotatable bonds is 16. The number of carbonyl (C=O) groups is 4. The van der Waals surface area contributed by atoms with E-state index in [4.69, 9.17) is 9.47 Å². The first-order valence-corrected chi connectivity index (χ1v) is 18.3. The van der Waals surface area contributed by atoms with Crippen molar-refractivity contribution in [1.29, 1.82) is 0 Å². The van der Waals surface area contributed by atoms with E-state index in [1.165, 1.54) is 0 Å². The zero-order valence-electron chi connectivity index (χ0n) is 30.6. The maximum atomic E-state index is 14.7. The molecule has 48 heavy (non-hydrogen) atoms. The average molecular weight is 684 g/mol. The molecule has 0 aliphatic heterocycles. The van der Waals surface area contributed by atoms with Gasteiger partial charge in [0, 0.05) is 13.0 Å². The van der Waals surface area contributed by atoms with E-state index in [1.54, 1.807) is 58.2 Å². The smallest absolute Gasteiger partial charge is 0.408 e. The van der Waals surface area contributed by atoms with Crippen LogP contribution in [0, 0.1) is 13.8 Å². The minimum atomic E-state index is -1.08. The van der Waals surface area contributed by atoms with E-state index in [0.717, 1.165) is 29.5 Å². The van der Waals surface area contributed by atoms with Crippen LogP contribution in [0.25, 0.3) is 0 Å². The van der Waals surface area contributed by atoms with Gasteiger partial charge < -0.3 is 25.0 Å². The van der Waals surface area contributed by atoms with Gasteiger partial charge in [-0.2, -0.15) is 11.8 Å². The Morgan fingerprint density at radius 3 is 1.96 bits per heavy atom. The Morgan fingerprint density at radius 1 is 0.812 bits per heavy atom. The molecular weight excluding hydrogens is 627 g/mol. The van der Waals surface area contributed by atoms with Crippen LogP contribution in [0.2, 0.25) is 0 Å². The van der Waals surface area contributed by atoms with E-state index in [-0.39, 0.29) is 18.9 Å². The second-order valence-corrected chi connectivity index (χ2v) is 15.2. The fraction of sp³-hybridized carbons (Fsp3) is 0.579. The minimum Gasteiger partial charge on any atom is -0.458 e. The number of nitrogens with one attached hydrogen (secondary N) is 2. The molecule has 0 spiro atoms. The third-order valence-corrected chi connectivity index (χ3v) is 8.20. The van der Waals surface area contributed by atoms with Gasteiger partial charge >= 0.3 is 12.1 Å². The quantitative estimate of drug-likeness (QED) is 0.144. The number of unbranched alkanes of at least 4 members (excludes halogenated alkanes) is 2. The van der Waals surface area contributed by atoms with Crippen molar-refractivity contribution in [1.82, 2.24) is 15.5 Å². The summed E-state index contributed by atoms with van der Waals surface area (Å²) >= 11 is 1.56. The lowest BCUT2D eigenvalue weighted by atomic mass is 9.92. The zero-order chi connectivity index (χ0) is 36.1. The van der Waals surface area contributed by atoms with Crippen molar-refractivity contribution in [2.45, 2.75) is 124 Å². The number of aryl methyl sites for hydroxylation is 2. The Kier molecular flexibility index (Phi) is 16.0. The Hall–Kier alpha value is -3.53. The number of esters is 1. The summed E-state index contributed by atoms with van der Waals surface area (Å²) in [7, 11) is 0. The first-order valence-electron chi connectivity index (χ1n) is 16.9. The lowest BCUT2D eigenvalue weighted by Crippen LogP contribution is -2.55. The molecule has 2 N–H and O–H groups in total. The van der Waals surface area contributed by atoms with Gasteiger partial charge in [-0.25, -0.2) is 9.59 Å². The number of carbonyl (C=O) groups excluding carboxylic acids is 4. The topological polar surface area (TPSA) is 114 Å². The SMILES string of the molecule is CCCCCN(C(=O)C(CCSC)NC(=O)OC(C)(C)C)C(C(=O)NC(Cc1ccccc1)C(=O)OC(C)(C)C)c1c(C)cccc1C. The van der Waals surface area contributed by atoms with Crippen molar-refractivity contribution in [3.63, 3.8) is 0 Å². The van der Waals surface area contributed by atoms with Gasteiger partial charge in [-0.15, -0.1) is 0 Å². The molecule has 3 amide bonds. The van der Waals surface area contributed by atoms with Gasteiger partial charge in [0.15, 0.2) is 0 Å². The molecule has 2 aromatic carbocycles. The maximum absolute atomic E-state index is 14.7. The Balaban J connectivity index is 2.68. The first kappa shape index (κ1) is 40.6. The molecule has 266 valence electrons. The summed E-state index contributed by atoms with van der Waals surface area (Å²) in [5, 5.41) is 5.80. The van der Waals surface area contributed by atoms with E-state index in [2.05, 4.69) is 17.6 Å². The molecule has 10 heteroatoms. The Labute approximate surface area is 292 Å². The van der Waals surface area contributed by atoms with Gasteiger partial charge in [0.1, 0.15) is 29.3 Å². The first-order chi connectivity index (χ1) is 22.5. The number of hydrogen-bond donors (Lipinski definition) is 2. The Morgan fingerprint density at radius 2 is 1.42 bits per heavy atom. The summed E-state index contributed by atoms with van der Waals surface area (Å²) in [5.74, 6) is -0.837.